The van der Waals surface area contributed by atoms with Gasteiger partial charge in [0.2, 0.25) is 0 Å². The lowest BCUT2D eigenvalue weighted by molar-refractivity contribution is 0.424. The molecule has 0 fully saturated rings. The molecule has 0 unspecified atom stereocenters. The van der Waals surface area contributed by atoms with Crippen LogP contribution >= 0.6 is 19.0 Å². The maximum absolute atomic E-state index is 5.56. The van der Waals surface area contributed by atoms with Crippen molar-refractivity contribution < 1.29 is 9.05 Å². The predicted molar refractivity (Wildman–Crippen MR) is 44.6 cm³/mol. The van der Waals surface area contributed by atoms with E-state index < -0.39 is 7.73 Å². The first-order valence-corrected chi connectivity index (χ1v) is 4.91. The molecular formula is C6H10ClO2P. The van der Waals surface area contributed by atoms with E-state index in [1.165, 1.54) is 12.5 Å². The molecule has 0 aromatic heterocycles. The summed E-state index contributed by atoms with van der Waals surface area (Å²) in [4.78, 5) is 0. The summed E-state index contributed by atoms with van der Waals surface area (Å²) in [5.74, 6) is 0. The fourth-order valence-electron chi connectivity index (χ4n) is 0.242. The topological polar surface area (TPSA) is 18.5 Å². The van der Waals surface area contributed by atoms with Crippen LogP contribution in [0.5, 0.6) is 0 Å². The van der Waals surface area contributed by atoms with E-state index in [0.29, 0.717) is 0 Å². The van der Waals surface area contributed by atoms with Crippen LogP contribution in [-0.2, 0) is 9.05 Å². The summed E-state index contributed by atoms with van der Waals surface area (Å²) in [6, 6.07) is 0. The largest absolute Gasteiger partial charge is 0.436 e. The van der Waals surface area contributed by atoms with Crippen molar-refractivity contribution in [2.45, 2.75) is 13.8 Å². The minimum absolute atomic E-state index is 1.29. The zero-order valence-electron chi connectivity index (χ0n) is 5.95. The number of rotatable bonds is 4. The van der Waals surface area contributed by atoms with Gasteiger partial charge in [0.05, 0.1) is 12.5 Å². The maximum atomic E-state index is 5.56. The number of hydrogen-bond donors (Lipinski definition) is 0. The van der Waals surface area contributed by atoms with E-state index in [-0.39, 0.29) is 0 Å². The summed E-state index contributed by atoms with van der Waals surface area (Å²) in [6.07, 6.45) is 6.50. The summed E-state index contributed by atoms with van der Waals surface area (Å²) in [6.45, 7) is 3.69. The van der Waals surface area contributed by atoms with Crippen LogP contribution in [0.15, 0.2) is 24.7 Å². The minimum Gasteiger partial charge on any atom is -0.436 e. The van der Waals surface area contributed by atoms with Gasteiger partial charge in [-0.3, -0.25) is 0 Å². The molecule has 2 nitrogen and oxygen atoms in total. The first kappa shape index (κ1) is 9.80. The zero-order chi connectivity index (χ0) is 7.82. The molecule has 0 saturated heterocycles. The maximum Gasteiger partial charge on any atom is 0.399 e. The number of allylic oxidation sites excluding steroid dienone is 2. The highest BCUT2D eigenvalue weighted by atomic mass is 35.7. The molecule has 58 valence electrons. The first-order valence-electron chi connectivity index (χ1n) is 2.83. The van der Waals surface area contributed by atoms with Crippen molar-refractivity contribution in [3.63, 3.8) is 0 Å². The normalized spacial score (nSPS) is 11.6. The fourth-order valence-corrected chi connectivity index (χ4v) is 1.00. The Labute approximate surface area is 67.2 Å². The van der Waals surface area contributed by atoms with Crippen molar-refractivity contribution in [2.75, 3.05) is 0 Å². The molecule has 0 bridgehead atoms. The van der Waals surface area contributed by atoms with Gasteiger partial charge in [-0.15, -0.1) is 0 Å². The number of halogens is 1. The van der Waals surface area contributed by atoms with Crippen molar-refractivity contribution in [1.29, 1.82) is 0 Å². The Morgan fingerprint density at radius 2 is 1.50 bits per heavy atom. The van der Waals surface area contributed by atoms with Crippen molar-refractivity contribution in [3.05, 3.63) is 24.7 Å². The van der Waals surface area contributed by atoms with Crippen molar-refractivity contribution in [2.24, 2.45) is 0 Å². The van der Waals surface area contributed by atoms with Crippen LogP contribution in [0.4, 0.5) is 0 Å². The molecule has 10 heavy (non-hydrogen) atoms. The number of hydrogen-bond acceptors (Lipinski definition) is 2. The van der Waals surface area contributed by atoms with Crippen molar-refractivity contribution >= 4 is 19.0 Å². The highest BCUT2D eigenvalue weighted by Crippen LogP contribution is 2.44. The molecule has 0 amide bonds. The molecule has 0 aliphatic rings. The predicted octanol–water partition coefficient (Wildman–Crippen LogP) is 3.55. The monoisotopic (exact) mass is 180 g/mol. The Morgan fingerprint density at radius 3 is 1.80 bits per heavy atom. The van der Waals surface area contributed by atoms with Crippen LogP contribution in [-0.4, -0.2) is 0 Å². The SMILES string of the molecule is C/C=C/OP(Cl)O/C=C/C. The highest BCUT2D eigenvalue weighted by Gasteiger charge is 2.01. The van der Waals surface area contributed by atoms with Gasteiger partial charge in [0, 0.05) is 0 Å². The summed E-state index contributed by atoms with van der Waals surface area (Å²) in [5.41, 5.74) is 0. The van der Waals surface area contributed by atoms with Gasteiger partial charge < -0.3 is 9.05 Å². The molecule has 4 heteroatoms. The summed E-state index contributed by atoms with van der Waals surface area (Å²) in [7, 11) is -1.29. The van der Waals surface area contributed by atoms with E-state index in [0.717, 1.165) is 0 Å². The van der Waals surface area contributed by atoms with Crippen LogP contribution in [0.1, 0.15) is 13.8 Å². The Bertz CT molecular complexity index is 111. The third kappa shape index (κ3) is 5.93. The van der Waals surface area contributed by atoms with E-state index in [1.54, 1.807) is 12.2 Å². The lowest BCUT2D eigenvalue weighted by Gasteiger charge is -2.03. The Hall–Kier alpha value is -0.200. The quantitative estimate of drug-likeness (QED) is 0.487. The van der Waals surface area contributed by atoms with Crippen LogP contribution in [0.25, 0.3) is 0 Å². The van der Waals surface area contributed by atoms with Gasteiger partial charge >= 0.3 is 7.73 Å². The molecule has 0 aliphatic carbocycles. The Balaban J connectivity index is 3.33. The van der Waals surface area contributed by atoms with E-state index in [1.807, 2.05) is 13.8 Å². The fraction of sp³-hybridized carbons (Fsp3) is 0.333. The van der Waals surface area contributed by atoms with Gasteiger partial charge in [0.1, 0.15) is 0 Å². The molecule has 0 radical (unpaired) electrons. The average Bonchev–Trinajstić information content (AvgIpc) is 1.97. The van der Waals surface area contributed by atoms with E-state index in [9.17, 15) is 0 Å². The van der Waals surface area contributed by atoms with Crippen molar-refractivity contribution in [3.8, 4) is 0 Å². The first-order chi connectivity index (χ1) is 4.81. The molecule has 0 heterocycles. The molecule has 0 spiro atoms. The highest BCUT2D eigenvalue weighted by molar-refractivity contribution is 7.76. The molecule has 0 aromatic carbocycles. The van der Waals surface area contributed by atoms with Gasteiger partial charge in [0.25, 0.3) is 0 Å². The summed E-state index contributed by atoms with van der Waals surface area (Å²) < 4.78 is 9.74. The molecule has 0 atom stereocenters. The summed E-state index contributed by atoms with van der Waals surface area (Å²) >= 11 is 5.56. The third-order valence-electron chi connectivity index (χ3n) is 0.560. The standard InChI is InChI=1S/C6H10ClO2P/c1-3-5-8-10(7)9-6-4-2/h3-6H,1-2H3/b5-3+,6-4+. The average molecular weight is 181 g/mol. The van der Waals surface area contributed by atoms with E-state index in [2.05, 4.69) is 0 Å². The zero-order valence-corrected chi connectivity index (χ0v) is 7.60. The molecule has 0 saturated carbocycles. The van der Waals surface area contributed by atoms with Gasteiger partial charge in [0.15, 0.2) is 0 Å². The van der Waals surface area contributed by atoms with Crippen LogP contribution < -0.4 is 0 Å². The molecular weight excluding hydrogens is 170 g/mol. The molecule has 0 rings (SSSR count). The third-order valence-corrected chi connectivity index (χ3v) is 1.61. The Kier molecular flexibility index (Phi) is 6.78. The molecule has 0 aliphatic heterocycles. The second kappa shape index (κ2) is 6.91. The van der Waals surface area contributed by atoms with Gasteiger partial charge in [-0.1, -0.05) is 12.2 Å². The molecule has 0 N–H and O–H groups in total. The second-order valence-electron chi connectivity index (χ2n) is 1.36. The molecule has 0 aromatic rings. The minimum atomic E-state index is -1.29. The smallest absolute Gasteiger partial charge is 0.399 e. The van der Waals surface area contributed by atoms with Crippen LogP contribution in [0.3, 0.4) is 0 Å². The van der Waals surface area contributed by atoms with Gasteiger partial charge in [-0.25, -0.2) is 0 Å². The summed E-state index contributed by atoms with van der Waals surface area (Å²) in [5, 5.41) is 0. The van der Waals surface area contributed by atoms with Crippen LogP contribution in [0, 0.1) is 0 Å². The lowest BCUT2D eigenvalue weighted by Crippen LogP contribution is -1.69. The van der Waals surface area contributed by atoms with E-state index >= 15 is 0 Å². The lowest BCUT2D eigenvalue weighted by atomic mass is 10.8. The van der Waals surface area contributed by atoms with Gasteiger partial charge in [-0.05, 0) is 25.1 Å². The van der Waals surface area contributed by atoms with Gasteiger partial charge in [-0.2, -0.15) is 0 Å². The van der Waals surface area contributed by atoms with E-state index in [4.69, 9.17) is 20.3 Å². The van der Waals surface area contributed by atoms with Crippen LogP contribution in [0.2, 0.25) is 0 Å². The second-order valence-corrected chi connectivity index (χ2v) is 3.04. The Morgan fingerprint density at radius 1 is 1.10 bits per heavy atom. The van der Waals surface area contributed by atoms with Crippen molar-refractivity contribution in [1.82, 2.24) is 0 Å².